The van der Waals surface area contributed by atoms with Crippen LogP contribution in [-0.4, -0.2) is 6.61 Å². The van der Waals surface area contributed by atoms with Crippen molar-refractivity contribution >= 4 is 11.3 Å². The van der Waals surface area contributed by atoms with Gasteiger partial charge in [0.2, 0.25) is 0 Å². The largest absolute Gasteiger partial charge is 0.376 e. The van der Waals surface area contributed by atoms with Gasteiger partial charge >= 0.3 is 0 Å². The molecular weight excluding hydrogens is 230 g/mol. The average molecular weight is 247 g/mol. The minimum absolute atomic E-state index is 0.586. The van der Waals surface area contributed by atoms with Gasteiger partial charge in [-0.1, -0.05) is 30.3 Å². The summed E-state index contributed by atoms with van der Waals surface area (Å²) in [7, 11) is 0. The average Bonchev–Trinajstić information content (AvgIpc) is 2.88. The number of hydrogen-bond acceptors (Lipinski definition) is 3. The van der Waals surface area contributed by atoms with E-state index in [9.17, 15) is 0 Å². The molecule has 0 aliphatic heterocycles. The van der Waals surface area contributed by atoms with Crippen molar-refractivity contribution in [2.75, 3.05) is 6.61 Å². The molecule has 2 N–H and O–H groups in total. The zero-order chi connectivity index (χ0) is 11.9. The molecule has 90 valence electrons. The van der Waals surface area contributed by atoms with Gasteiger partial charge in [-0.15, -0.1) is 11.3 Å². The van der Waals surface area contributed by atoms with E-state index in [1.54, 1.807) is 11.3 Å². The van der Waals surface area contributed by atoms with Crippen LogP contribution in [0.4, 0.5) is 0 Å². The molecule has 0 fully saturated rings. The number of benzene rings is 1. The van der Waals surface area contributed by atoms with Crippen LogP contribution in [-0.2, 0) is 24.3 Å². The maximum atomic E-state index is 5.66. The summed E-state index contributed by atoms with van der Waals surface area (Å²) in [5, 5.41) is 2.10. The first-order valence-electron chi connectivity index (χ1n) is 5.76. The Morgan fingerprint density at radius 3 is 2.76 bits per heavy atom. The maximum Gasteiger partial charge on any atom is 0.0717 e. The molecule has 0 spiro atoms. The molecule has 0 atom stereocenters. The second-order valence-electron chi connectivity index (χ2n) is 3.91. The summed E-state index contributed by atoms with van der Waals surface area (Å²) in [6.45, 7) is 2.02. The van der Waals surface area contributed by atoms with Crippen molar-refractivity contribution in [2.24, 2.45) is 5.73 Å². The van der Waals surface area contributed by atoms with Gasteiger partial charge in [-0.25, -0.2) is 0 Å². The molecule has 3 heteroatoms. The van der Waals surface area contributed by atoms with Crippen LogP contribution >= 0.6 is 11.3 Å². The van der Waals surface area contributed by atoms with Gasteiger partial charge in [-0.3, -0.25) is 0 Å². The first kappa shape index (κ1) is 12.3. The van der Waals surface area contributed by atoms with Crippen LogP contribution in [0.3, 0.4) is 0 Å². The molecule has 0 unspecified atom stereocenters. The Kier molecular flexibility index (Phi) is 4.74. The Morgan fingerprint density at radius 2 is 2.00 bits per heavy atom. The van der Waals surface area contributed by atoms with Gasteiger partial charge in [0, 0.05) is 17.8 Å². The van der Waals surface area contributed by atoms with Crippen molar-refractivity contribution in [2.45, 2.75) is 19.6 Å². The lowest BCUT2D eigenvalue weighted by Gasteiger charge is -2.05. The Hall–Kier alpha value is -1.16. The first-order valence-corrected chi connectivity index (χ1v) is 6.64. The molecule has 0 saturated heterocycles. The third kappa shape index (κ3) is 3.97. The second-order valence-corrected chi connectivity index (χ2v) is 4.94. The molecule has 1 aromatic carbocycles. The fourth-order valence-corrected chi connectivity index (χ4v) is 2.35. The monoisotopic (exact) mass is 247 g/mol. The van der Waals surface area contributed by atoms with Crippen LogP contribution in [0.5, 0.6) is 0 Å². The molecule has 0 radical (unpaired) electrons. The molecule has 0 aliphatic carbocycles. The molecule has 2 aromatic rings. The quantitative estimate of drug-likeness (QED) is 0.796. The Labute approximate surface area is 106 Å². The van der Waals surface area contributed by atoms with Crippen LogP contribution < -0.4 is 5.73 Å². The van der Waals surface area contributed by atoms with Crippen molar-refractivity contribution in [3.63, 3.8) is 0 Å². The van der Waals surface area contributed by atoms with Crippen molar-refractivity contribution in [3.05, 3.63) is 57.8 Å². The van der Waals surface area contributed by atoms with Crippen molar-refractivity contribution in [3.8, 4) is 0 Å². The number of nitrogens with two attached hydrogens (primary N) is 1. The SMILES string of the molecule is NCc1cccc(COCCc2cccs2)c1. The van der Waals surface area contributed by atoms with Crippen molar-refractivity contribution in [1.29, 1.82) is 0 Å². The topological polar surface area (TPSA) is 35.2 Å². The fraction of sp³-hybridized carbons (Fsp3) is 0.286. The van der Waals surface area contributed by atoms with E-state index in [1.165, 1.54) is 10.4 Å². The van der Waals surface area contributed by atoms with Gasteiger partial charge in [-0.05, 0) is 22.6 Å². The van der Waals surface area contributed by atoms with E-state index in [1.807, 2.05) is 12.1 Å². The van der Waals surface area contributed by atoms with E-state index in [0.717, 1.165) is 18.6 Å². The molecule has 2 nitrogen and oxygen atoms in total. The molecular formula is C14H17NOS. The highest BCUT2D eigenvalue weighted by molar-refractivity contribution is 7.09. The Morgan fingerprint density at radius 1 is 1.12 bits per heavy atom. The number of ether oxygens (including phenoxy) is 1. The van der Waals surface area contributed by atoms with Gasteiger partial charge in [0.1, 0.15) is 0 Å². The number of rotatable bonds is 6. The van der Waals surface area contributed by atoms with E-state index < -0.39 is 0 Å². The standard InChI is InChI=1S/C14H17NOS/c15-10-12-3-1-4-13(9-12)11-16-7-6-14-5-2-8-17-14/h1-5,8-9H,6-7,10-11,15H2. The highest BCUT2D eigenvalue weighted by atomic mass is 32.1. The Bertz CT molecular complexity index is 439. The fourth-order valence-electron chi connectivity index (χ4n) is 1.66. The smallest absolute Gasteiger partial charge is 0.0717 e. The van der Waals surface area contributed by atoms with Crippen molar-refractivity contribution < 1.29 is 4.74 Å². The molecule has 1 aromatic heterocycles. The summed E-state index contributed by atoms with van der Waals surface area (Å²) in [6.07, 6.45) is 0.994. The lowest BCUT2D eigenvalue weighted by atomic mass is 10.1. The molecule has 17 heavy (non-hydrogen) atoms. The summed E-state index contributed by atoms with van der Waals surface area (Å²) in [5.74, 6) is 0. The van der Waals surface area contributed by atoms with E-state index in [0.29, 0.717) is 13.2 Å². The summed E-state index contributed by atoms with van der Waals surface area (Å²) in [4.78, 5) is 1.38. The van der Waals surface area contributed by atoms with Gasteiger partial charge in [-0.2, -0.15) is 0 Å². The summed E-state index contributed by atoms with van der Waals surface area (Å²) in [5.41, 5.74) is 7.95. The molecule has 2 rings (SSSR count). The van der Waals surface area contributed by atoms with Gasteiger partial charge < -0.3 is 10.5 Å². The van der Waals surface area contributed by atoms with Crippen LogP contribution in [0, 0.1) is 0 Å². The van der Waals surface area contributed by atoms with Crippen LogP contribution in [0.2, 0.25) is 0 Å². The molecule has 0 amide bonds. The van der Waals surface area contributed by atoms with Gasteiger partial charge in [0.25, 0.3) is 0 Å². The minimum Gasteiger partial charge on any atom is -0.376 e. The first-order chi connectivity index (χ1) is 8.38. The predicted molar refractivity (Wildman–Crippen MR) is 72.0 cm³/mol. The predicted octanol–water partition coefficient (Wildman–Crippen LogP) is 2.97. The molecule has 0 bridgehead atoms. The van der Waals surface area contributed by atoms with E-state index in [-0.39, 0.29) is 0 Å². The molecule has 1 heterocycles. The Balaban J connectivity index is 1.74. The zero-order valence-electron chi connectivity index (χ0n) is 9.76. The number of thiophene rings is 1. The number of hydrogen-bond donors (Lipinski definition) is 1. The normalized spacial score (nSPS) is 10.6. The lowest BCUT2D eigenvalue weighted by molar-refractivity contribution is 0.124. The highest BCUT2D eigenvalue weighted by Gasteiger charge is 1.97. The van der Waals surface area contributed by atoms with Crippen molar-refractivity contribution in [1.82, 2.24) is 0 Å². The summed E-state index contributed by atoms with van der Waals surface area (Å²) in [6, 6.07) is 12.5. The molecule has 0 saturated carbocycles. The summed E-state index contributed by atoms with van der Waals surface area (Å²) >= 11 is 1.78. The lowest BCUT2D eigenvalue weighted by Crippen LogP contribution is -2.00. The van der Waals surface area contributed by atoms with Crippen LogP contribution in [0.15, 0.2) is 41.8 Å². The van der Waals surface area contributed by atoms with Gasteiger partial charge in [0.05, 0.1) is 13.2 Å². The minimum atomic E-state index is 0.586. The van der Waals surface area contributed by atoms with E-state index in [2.05, 4.69) is 29.6 Å². The van der Waals surface area contributed by atoms with Crippen LogP contribution in [0.1, 0.15) is 16.0 Å². The second kappa shape index (κ2) is 6.55. The highest BCUT2D eigenvalue weighted by Crippen LogP contribution is 2.10. The van der Waals surface area contributed by atoms with E-state index >= 15 is 0 Å². The maximum absolute atomic E-state index is 5.66. The van der Waals surface area contributed by atoms with Gasteiger partial charge in [0.15, 0.2) is 0 Å². The van der Waals surface area contributed by atoms with Crippen LogP contribution in [0.25, 0.3) is 0 Å². The molecule has 0 aliphatic rings. The third-order valence-electron chi connectivity index (χ3n) is 2.57. The van der Waals surface area contributed by atoms with E-state index in [4.69, 9.17) is 10.5 Å². The summed E-state index contributed by atoms with van der Waals surface area (Å²) < 4.78 is 5.66. The zero-order valence-corrected chi connectivity index (χ0v) is 10.6. The third-order valence-corrected chi connectivity index (χ3v) is 3.50.